The van der Waals surface area contributed by atoms with Crippen LogP contribution in [0.15, 0.2) is 18.3 Å². The third-order valence-corrected chi connectivity index (χ3v) is 4.46. The van der Waals surface area contributed by atoms with Crippen LogP contribution in [0, 0.1) is 0 Å². The zero-order valence-corrected chi connectivity index (χ0v) is 10.2. The Bertz CT molecular complexity index is 546. The van der Waals surface area contributed by atoms with Crippen LogP contribution in [-0.4, -0.2) is 26.6 Å². The summed E-state index contributed by atoms with van der Waals surface area (Å²) >= 11 is 1.94. The number of hydrogen-bond acceptors (Lipinski definition) is 4. The lowest BCUT2D eigenvalue weighted by Crippen LogP contribution is -2.06. The predicted octanol–water partition coefficient (Wildman–Crippen LogP) is 2.50. The molecule has 0 bridgehead atoms. The molecular weight excluding hydrogens is 234 g/mol. The van der Waals surface area contributed by atoms with Crippen LogP contribution in [0.4, 0.5) is 0 Å². The lowest BCUT2D eigenvalue weighted by Gasteiger charge is -2.19. The standard InChI is InChI=1S/C12H13N3OS/c16-8-9-4-3-6-15-11(9)13-14-12(15)10-5-1-2-7-17-10/h3-4,6,8,10H,1-2,5,7H2. The quantitative estimate of drug-likeness (QED) is 0.765. The molecule has 0 aromatic carbocycles. The fourth-order valence-corrected chi connectivity index (χ4v) is 3.51. The third-order valence-electron chi connectivity index (χ3n) is 3.09. The van der Waals surface area contributed by atoms with Crippen LogP contribution in [0.2, 0.25) is 0 Å². The van der Waals surface area contributed by atoms with Crippen molar-refractivity contribution in [1.29, 1.82) is 0 Å². The maximum Gasteiger partial charge on any atom is 0.171 e. The Hall–Kier alpha value is -1.36. The number of thioether (sulfide) groups is 1. The lowest BCUT2D eigenvalue weighted by atomic mass is 10.2. The summed E-state index contributed by atoms with van der Waals surface area (Å²) < 4.78 is 1.95. The van der Waals surface area contributed by atoms with Crippen molar-refractivity contribution in [1.82, 2.24) is 14.6 Å². The van der Waals surface area contributed by atoms with Crippen LogP contribution in [0.25, 0.3) is 5.65 Å². The van der Waals surface area contributed by atoms with Gasteiger partial charge in [-0.15, -0.1) is 10.2 Å². The van der Waals surface area contributed by atoms with E-state index in [-0.39, 0.29) is 0 Å². The van der Waals surface area contributed by atoms with Crippen LogP contribution in [-0.2, 0) is 0 Å². The van der Waals surface area contributed by atoms with E-state index in [1.807, 2.05) is 28.4 Å². The minimum atomic E-state index is 0.417. The molecule has 0 saturated carbocycles. The number of rotatable bonds is 2. The van der Waals surface area contributed by atoms with E-state index < -0.39 is 0 Å². The van der Waals surface area contributed by atoms with Gasteiger partial charge in [-0.2, -0.15) is 11.8 Å². The van der Waals surface area contributed by atoms with Crippen molar-refractivity contribution >= 4 is 23.7 Å². The van der Waals surface area contributed by atoms with E-state index in [2.05, 4.69) is 10.2 Å². The number of aldehydes is 1. The summed E-state index contributed by atoms with van der Waals surface area (Å²) in [5, 5.41) is 8.81. The molecule has 1 aliphatic heterocycles. The van der Waals surface area contributed by atoms with Crippen molar-refractivity contribution in [2.75, 3.05) is 5.75 Å². The molecule has 1 atom stereocenters. The Morgan fingerprint density at radius 1 is 1.41 bits per heavy atom. The maximum absolute atomic E-state index is 10.9. The summed E-state index contributed by atoms with van der Waals surface area (Å²) in [7, 11) is 0. The predicted molar refractivity (Wildman–Crippen MR) is 67.4 cm³/mol. The van der Waals surface area contributed by atoms with E-state index in [0.29, 0.717) is 16.5 Å². The van der Waals surface area contributed by atoms with Crippen molar-refractivity contribution in [3.05, 3.63) is 29.7 Å². The first-order valence-corrected chi connectivity index (χ1v) is 6.85. The molecule has 2 aromatic heterocycles. The Morgan fingerprint density at radius 2 is 2.35 bits per heavy atom. The largest absolute Gasteiger partial charge is 0.298 e. The summed E-state index contributed by atoms with van der Waals surface area (Å²) in [6, 6.07) is 3.64. The molecule has 0 spiro atoms. The SMILES string of the molecule is O=Cc1cccn2c(C3CCCCS3)nnc12. The van der Waals surface area contributed by atoms with Gasteiger partial charge in [0.1, 0.15) is 0 Å². The van der Waals surface area contributed by atoms with E-state index in [0.717, 1.165) is 18.5 Å². The normalized spacial score (nSPS) is 20.6. The highest BCUT2D eigenvalue weighted by molar-refractivity contribution is 7.99. The van der Waals surface area contributed by atoms with Crippen molar-refractivity contribution < 1.29 is 4.79 Å². The topological polar surface area (TPSA) is 47.3 Å². The number of hydrogen-bond donors (Lipinski definition) is 0. The summed E-state index contributed by atoms with van der Waals surface area (Å²) in [4.78, 5) is 10.9. The molecule has 0 radical (unpaired) electrons. The van der Waals surface area contributed by atoms with Gasteiger partial charge < -0.3 is 0 Å². The number of fused-ring (bicyclic) bond motifs is 1. The number of carbonyl (C=O) groups excluding carboxylic acids is 1. The molecule has 5 heteroatoms. The lowest BCUT2D eigenvalue weighted by molar-refractivity contribution is 0.112. The van der Waals surface area contributed by atoms with E-state index in [1.165, 1.54) is 18.6 Å². The van der Waals surface area contributed by atoms with Gasteiger partial charge in [-0.25, -0.2) is 0 Å². The maximum atomic E-state index is 10.9. The highest BCUT2D eigenvalue weighted by atomic mass is 32.2. The van der Waals surface area contributed by atoms with E-state index in [1.54, 1.807) is 6.07 Å². The zero-order valence-electron chi connectivity index (χ0n) is 9.37. The van der Waals surface area contributed by atoms with Crippen molar-refractivity contribution in [2.45, 2.75) is 24.5 Å². The van der Waals surface area contributed by atoms with Crippen LogP contribution in [0.5, 0.6) is 0 Å². The molecule has 0 N–H and O–H groups in total. The Kier molecular flexibility index (Phi) is 2.84. The third kappa shape index (κ3) is 1.84. The number of nitrogens with zero attached hydrogens (tertiary/aromatic N) is 3. The van der Waals surface area contributed by atoms with Gasteiger partial charge >= 0.3 is 0 Å². The Labute approximate surface area is 103 Å². The molecule has 3 rings (SSSR count). The first-order valence-electron chi connectivity index (χ1n) is 5.80. The van der Waals surface area contributed by atoms with Crippen molar-refractivity contribution in [3.63, 3.8) is 0 Å². The average Bonchev–Trinajstić information content (AvgIpc) is 2.83. The fourth-order valence-electron chi connectivity index (χ4n) is 2.21. The first-order chi connectivity index (χ1) is 8.40. The van der Waals surface area contributed by atoms with Gasteiger partial charge in [0.05, 0.1) is 10.8 Å². The van der Waals surface area contributed by atoms with E-state index in [9.17, 15) is 4.79 Å². The highest BCUT2D eigenvalue weighted by Gasteiger charge is 2.21. The molecule has 0 amide bonds. The van der Waals surface area contributed by atoms with Gasteiger partial charge in [-0.05, 0) is 30.7 Å². The second kappa shape index (κ2) is 4.49. The molecule has 1 fully saturated rings. The summed E-state index contributed by atoms with van der Waals surface area (Å²) in [6.07, 6.45) is 6.46. The van der Waals surface area contributed by atoms with Gasteiger partial charge in [-0.1, -0.05) is 6.42 Å². The van der Waals surface area contributed by atoms with Crippen LogP contribution in [0.3, 0.4) is 0 Å². The van der Waals surface area contributed by atoms with E-state index >= 15 is 0 Å². The second-order valence-electron chi connectivity index (χ2n) is 4.19. The molecule has 88 valence electrons. The number of aromatic nitrogens is 3. The molecule has 1 saturated heterocycles. The molecule has 0 aliphatic carbocycles. The second-order valence-corrected chi connectivity index (χ2v) is 5.50. The van der Waals surface area contributed by atoms with Gasteiger partial charge in [0.25, 0.3) is 0 Å². The molecule has 3 heterocycles. The first kappa shape index (κ1) is 10.8. The van der Waals surface area contributed by atoms with Gasteiger partial charge in [0.15, 0.2) is 17.8 Å². The average molecular weight is 247 g/mol. The summed E-state index contributed by atoms with van der Waals surface area (Å²) in [5.41, 5.74) is 1.27. The summed E-state index contributed by atoms with van der Waals surface area (Å²) in [5.74, 6) is 2.17. The minimum absolute atomic E-state index is 0.417. The Morgan fingerprint density at radius 3 is 3.12 bits per heavy atom. The zero-order chi connectivity index (χ0) is 11.7. The van der Waals surface area contributed by atoms with Crippen molar-refractivity contribution in [2.24, 2.45) is 0 Å². The Balaban J connectivity index is 2.08. The van der Waals surface area contributed by atoms with Gasteiger partial charge in [0.2, 0.25) is 0 Å². The van der Waals surface area contributed by atoms with Gasteiger partial charge in [-0.3, -0.25) is 9.20 Å². The molecule has 17 heavy (non-hydrogen) atoms. The van der Waals surface area contributed by atoms with Crippen molar-refractivity contribution in [3.8, 4) is 0 Å². The fraction of sp³-hybridized carbons (Fsp3) is 0.417. The van der Waals surface area contributed by atoms with Crippen LogP contribution in [0.1, 0.15) is 40.7 Å². The van der Waals surface area contributed by atoms with Gasteiger partial charge in [0, 0.05) is 6.20 Å². The molecule has 1 aliphatic rings. The van der Waals surface area contributed by atoms with E-state index in [4.69, 9.17) is 0 Å². The minimum Gasteiger partial charge on any atom is -0.298 e. The molecule has 4 nitrogen and oxygen atoms in total. The molecule has 2 aromatic rings. The highest BCUT2D eigenvalue weighted by Crippen LogP contribution is 2.37. The van der Waals surface area contributed by atoms with Crippen LogP contribution < -0.4 is 0 Å². The van der Waals surface area contributed by atoms with Crippen LogP contribution >= 0.6 is 11.8 Å². The number of pyridine rings is 1. The smallest absolute Gasteiger partial charge is 0.171 e. The molecular formula is C12H13N3OS. The number of carbonyl (C=O) groups is 1. The molecule has 1 unspecified atom stereocenters. The monoisotopic (exact) mass is 247 g/mol. The summed E-state index contributed by atoms with van der Waals surface area (Å²) in [6.45, 7) is 0.